The van der Waals surface area contributed by atoms with Crippen LogP contribution in [-0.4, -0.2) is 16.0 Å². The number of para-hydroxylation sites is 1. The predicted molar refractivity (Wildman–Crippen MR) is 84.8 cm³/mol. The molecule has 2 N–H and O–H groups in total. The fraction of sp³-hybridized carbons (Fsp3) is 0.312. The third-order valence-electron chi connectivity index (χ3n) is 3.31. The van der Waals surface area contributed by atoms with E-state index in [1.807, 2.05) is 19.9 Å². The van der Waals surface area contributed by atoms with Crippen LogP contribution in [0.2, 0.25) is 0 Å². The zero-order valence-corrected chi connectivity index (χ0v) is 13.1. The van der Waals surface area contributed by atoms with E-state index in [9.17, 15) is 13.2 Å². The number of halogens is 3. The topological polar surface area (TPSA) is 73.6 Å². The lowest BCUT2D eigenvalue weighted by Gasteiger charge is -2.15. The number of hydrogen-bond donors (Lipinski definition) is 2. The summed E-state index contributed by atoms with van der Waals surface area (Å²) in [5.41, 5.74) is -0.373. The van der Waals surface area contributed by atoms with E-state index in [0.29, 0.717) is 17.7 Å². The van der Waals surface area contributed by atoms with Gasteiger partial charge in [-0.15, -0.1) is 0 Å². The maximum absolute atomic E-state index is 13.1. The summed E-state index contributed by atoms with van der Waals surface area (Å²) in [5.74, 6) is -0.151. The summed E-state index contributed by atoms with van der Waals surface area (Å²) in [6, 6.07) is 9.21. The number of hydrogen-bond acceptors (Lipinski definition) is 5. The van der Waals surface area contributed by atoms with Gasteiger partial charge in [0.1, 0.15) is 11.9 Å². The minimum absolute atomic E-state index is 0.0363. The van der Waals surface area contributed by atoms with Crippen molar-refractivity contribution in [2.75, 3.05) is 10.6 Å². The molecular formula is C16H16F3N5. The summed E-state index contributed by atoms with van der Waals surface area (Å²) >= 11 is 0. The Bertz CT molecular complexity index is 752. The summed E-state index contributed by atoms with van der Waals surface area (Å²) in [4.78, 5) is 7.59. The van der Waals surface area contributed by atoms with Gasteiger partial charge in [0.25, 0.3) is 0 Å². The molecule has 0 bridgehead atoms. The molecule has 8 heteroatoms. The Kier molecular flexibility index (Phi) is 5.24. The number of benzene rings is 1. The third-order valence-corrected chi connectivity index (χ3v) is 3.31. The maximum Gasteiger partial charge on any atom is 0.433 e. The molecule has 2 rings (SSSR count). The highest BCUT2D eigenvalue weighted by molar-refractivity contribution is 5.65. The van der Waals surface area contributed by atoms with Crippen molar-refractivity contribution in [1.29, 1.82) is 5.26 Å². The number of anilines is 3. The molecule has 1 atom stereocenters. The van der Waals surface area contributed by atoms with Crippen molar-refractivity contribution >= 4 is 17.5 Å². The van der Waals surface area contributed by atoms with E-state index in [2.05, 4.69) is 20.6 Å². The summed E-state index contributed by atoms with van der Waals surface area (Å²) < 4.78 is 39.2. The number of nitrogens with zero attached hydrogens (tertiary/aromatic N) is 3. The summed E-state index contributed by atoms with van der Waals surface area (Å²) in [6.07, 6.45) is -3.89. The smallest absolute Gasteiger partial charge is 0.352 e. The van der Waals surface area contributed by atoms with Gasteiger partial charge >= 0.3 is 6.18 Å². The van der Waals surface area contributed by atoms with E-state index in [4.69, 9.17) is 5.26 Å². The Morgan fingerprint density at radius 3 is 2.58 bits per heavy atom. The highest BCUT2D eigenvalue weighted by Gasteiger charge is 2.34. The van der Waals surface area contributed by atoms with E-state index >= 15 is 0 Å². The van der Waals surface area contributed by atoms with Crippen LogP contribution in [0.1, 0.15) is 31.5 Å². The Hall–Kier alpha value is -2.82. The predicted octanol–water partition coefficient (Wildman–Crippen LogP) is 4.32. The fourth-order valence-corrected chi connectivity index (χ4v) is 1.87. The minimum Gasteiger partial charge on any atom is -0.352 e. The summed E-state index contributed by atoms with van der Waals surface area (Å²) in [7, 11) is 0. The van der Waals surface area contributed by atoms with Crippen LogP contribution in [0, 0.1) is 11.3 Å². The zero-order valence-electron chi connectivity index (χ0n) is 13.1. The highest BCUT2D eigenvalue weighted by Crippen LogP contribution is 2.31. The van der Waals surface area contributed by atoms with Crippen molar-refractivity contribution in [2.45, 2.75) is 32.5 Å². The molecule has 0 radical (unpaired) electrons. The second-order valence-electron chi connectivity index (χ2n) is 5.20. The molecule has 0 aliphatic heterocycles. The highest BCUT2D eigenvalue weighted by atomic mass is 19.4. The van der Waals surface area contributed by atoms with Crippen molar-refractivity contribution in [2.24, 2.45) is 0 Å². The zero-order chi connectivity index (χ0) is 17.7. The molecular weight excluding hydrogens is 319 g/mol. The Morgan fingerprint density at radius 1 is 1.25 bits per heavy atom. The molecule has 24 heavy (non-hydrogen) atoms. The molecule has 1 aromatic carbocycles. The van der Waals surface area contributed by atoms with Crippen LogP contribution in [0.25, 0.3) is 0 Å². The first-order valence-corrected chi connectivity index (χ1v) is 7.32. The van der Waals surface area contributed by atoms with Crippen molar-refractivity contribution in [1.82, 2.24) is 9.97 Å². The first kappa shape index (κ1) is 17.5. The maximum atomic E-state index is 13.1. The molecule has 0 spiro atoms. The van der Waals surface area contributed by atoms with Crippen molar-refractivity contribution in [3.05, 3.63) is 41.6 Å². The normalized spacial score (nSPS) is 12.3. The molecule has 0 amide bonds. The van der Waals surface area contributed by atoms with E-state index in [1.54, 1.807) is 24.3 Å². The van der Waals surface area contributed by atoms with Crippen molar-refractivity contribution < 1.29 is 13.2 Å². The largest absolute Gasteiger partial charge is 0.433 e. The number of nitriles is 1. The Labute approximate surface area is 137 Å². The standard InChI is InChI=1S/C16H16F3N5/c1-3-10(2)21-15-23-13(16(17,18)19)8-14(24-15)22-12-7-5-4-6-11(12)9-20/h4-8,10H,3H2,1-2H3,(H2,21,22,23,24)/t10-/m1/s1. The first-order chi connectivity index (χ1) is 11.3. The lowest BCUT2D eigenvalue weighted by molar-refractivity contribution is -0.141. The van der Waals surface area contributed by atoms with Crippen LogP contribution in [0.4, 0.5) is 30.6 Å². The molecule has 0 aliphatic carbocycles. The number of nitrogens with one attached hydrogen (secondary N) is 2. The van der Waals surface area contributed by atoms with Gasteiger partial charge in [-0.1, -0.05) is 19.1 Å². The molecule has 0 unspecified atom stereocenters. The van der Waals surface area contributed by atoms with Gasteiger partial charge in [0.2, 0.25) is 5.95 Å². The van der Waals surface area contributed by atoms with Gasteiger partial charge < -0.3 is 10.6 Å². The van der Waals surface area contributed by atoms with Crippen molar-refractivity contribution in [3.63, 3.8) is 0 Å². The fourth-order valence-electron chi connectivity index (χ4n) is 1.87. The average molecular weight is 335 g/mol. The molecule has 1 heterocycles. The summed E-state index contributed by atoms with van der Waals surface area (Å²) in [5, 5.41) is 14.7. The van der Waals surface area contributed by atoms with Gasteiger partial charge in [0.05, 0.1) is 11.3 Å². The monoisotopic (exact) mass is 335 g/mol. The minimum atomic E-state index is -4.60. The number of aromatic nitrogens is 2. The quantitative estimate of drug-likeness (QED) is 0.851. The van der Waals surface area contributed by atoms with Gasteiger partial charge in [0, 0.05) is 12.1 Å². The molecule has 2 aromatic rings. The van der Waals surface area contributed by atoms with Crippen LogP contribution in [0.3, 0.4) is 0 Å². The van der Waals surface area contributed by atoms with Gasteiger partial charge in [-0.2, -0.15) is 23.4 Å². The van der Waals surface area contributed by atoms with Gasteiger partial charge in [-0.05, 0) is 25.5 Å². The Balaban J connectivity index is 2.41. The molecule has 5 nitrogen and oxygen atoms in total. The van der Waals surface area contributed by atoms with E-state index in [0.717, 1.165) is 6.07 Å². The van der Waals surface area contributed by atoms with Crippen LogP contribution in [0.5, 0.6) is 0 Å². The SMILES string of the molecule is CC[C@@H](C)Nc1nc(Nc2ccccc2C#N)cc(C(F)(F)F)n1. The molecule has 126 valence electrons. The molecule has 0 fully saturated rings. The van der Waals surface area contributed by atoms with E-state index in [1.165, 1.54) is 0 Å². The first-order valence-electron chi connectivity index (χ1n) is 7.32. The molecule has 0 saturated carbocycles. The lowest BCUT2D eigenvalue weighted by atomic mass is 10.2. The van der Waals surface area contributed by atoms with Gasteiger partial charge in [-0.25, -0.2) is 4.98 Å². The Morgan fingerprint density at radius 2 is 1.96 bits per heavy atom. The molecule has 0 aliphatic rings. The van der Waals surface area contributed by atoms with Gasteiger partial charge in [0.15, 0.2) is 5.69 Å². The van der Waals surface area contributed by atoms with E-state index in [-0.39, 0.29) is 17.8 Å². The van der Waals surface area contributed by atoms with Crippen molar-refractivity contribution in [3.8, 4) is 6.07 Å². The summed E-state index contributed by atoms with van der Waals surface area (Å²) in [6.45, 7) is 3.72. The van der Waals surface area contributed by atoms with Crippen LogP contribution < -0.4 is 10.6 Å². The average Bonchev–Trinajstić information content (AvgIpc) is 2.54. The van der Waals surface area contributed by atoms with Crippen LogP contribution >= 0.6 is 0 Å². The van der Waals surface area contributed by atoms with Crippen LogP contribution in [-0.2, 0) is 6.18 Å². The second kappa shape index (κ2) is 7.17. The molecule has 0 saturated heterocycles. The number of rotatable bonds is 5. The lowest BCUT2D eigenvalue weighted by Crippen LogP contribution is -2.18. The van der Waals surface area contributed by atoms with Crippen LogP contribution in [0.15, 0.2) is 30.3 Å². The van der Waals surface area contributed by atoms with E-state index < -0.39 is 11.9 Å². The van der Waals surface area contributed by atoms with Gasteiger partial charge in [-0.3, -0.25) is 0 Å². The molecule has 1 aromatic heterocycles. The second-order valence-corrected chi connectivity index (χ2v) is 5.20. The third kappa shape index (κ3) is 4.35. The number of alkyl halides is 3.